The van der Waals surface area contributed by atoms with Crippen LogP contribution in [0.4, 0.5) is 5.69 Å². The minimum atomic E-state index is -3.75. The molecule has 0 bridgehead atoms. The van der Waals surface area contributed by atoms with Crippen molar-refractivity contribution in [2.24, 2.45) is 0 Å². The number of carbonyl (C=O) groups excluding carboxylic acids is 1. The molecule has 2 aromatic rings. The van der Waals surface area contributed by atoms with Crippen molar-refractivity contribution in [2.45, 2.75) is 18.4 Å². The van der Waals surface area contributed by atoms with Crippen molar-refractivity contribution in [3.8, 4) is 0 Å². The highest BCUT2D eigenvalue weighted by Gasteiger charge is 2.28. The van der Waals surface area contributed by atoms with Crippen LogP contribution in [-0.4, -0.2) is 50.6 Å². The van der Waals surface area contributed by atoms with E-state index in [2.05, 4.69) is 4.72 Å². The van der Waals surface area contributed by atoms with E-state index < -0.39 is 10.0 Å². The van der Waals surface area contributed by atoms with Gasteiger partial charge in [0.25, 0.3) is 15.9 Å². The van der Waals surface area contributed by atoms with E-state index in [1.165, 1.54) is 12.3 Å². The third-order valence-electron chi connectivity index (χ3n) is 4.25. The number of carbonyl (C=O) groups is 1. The molecular formula is C17H21N3O4S. The molecule has 0 fully saturated rings. The number of nitrogens with zero attached hydrogens (tertiary/aromatic N) is 2. The molecular weight excluding hydrogens is 342 g/mol. The zero-order valence-electron chi connectivity index (χ0n) is 14.2. The summed E-state index contributed by atoms with van der Waals surface area (Å²) in [7, 11) is -2.17. The van der Waals surface area contributed by atoms with Gasteiger partial charge in [-0.05, 0) is 24.6 Å². The smallest absolute Gasteiger partial charge is 0.270 e. The van der Waals surface area contributed by atoms with Gasteiger partial charge < -0.3 is 14.2 Å². The Hall–Kier alpha value is -2.32. The Morgan fingerprint density at radius 1 is 1.24 bits per heavy atom. The maximum atomic E-state index is 12.7. The molecule has 0 unspecified atom stereocenters. The molecule has 1 amide bonds. The van der Waals surface area contributed by atoms with Gasteiger partial charge in [0.2, 0.25) is 0 Å². The first-order chi connectivity index (χ1) is 11.9. The Bertz CT molecular complexity index is 889. The third-order valence-corrected chi connectivity index (χ3v) is 5.59. The summed E-state index contributed by atoms with van der Waals surface area (Å²) in [6.07, 6.45) is 1.52. The quantitative estimate of drug-likeness (QED) is 0.847. The first-order valence-electron chi connectivity index (χ1n) is 7.99. The number of methoxy groups -OCH3 is 1. The number of hydrogen-bond acceptors (Lipinski definition) is 4. The molecule has 1 aromatic carbocycles. The molecule has 0 radical (unpaired) electrons. The molecule has 3 rings (SSSR count). The number of nitrogens with one attached hydrogen (secondary N) is 1. The van der Waals surface area contributed by atoms with Gasteiger partial charge in [-0.25, -0.2) is 8.42 Å². The average molecular weight is 363 g/mol. The van der Waals surface area contributed by atoms with Gasteiger partial charge >= 0.3 is 0 Å². The van der Waals surface area contributed by atoms with Gasteiger partial charge in [0.1, 0.15) is 10.6 Å². The maximum Gasteiger partial charge on any atom is 0.270 e. The van der Waals surface area contributed by atoms with Crippen molar-refractivity contribution < 1.29 is 17.9 Å². The van der Waals surface area contributed by atoms with E-state index in [0.29, 0.717) is 37.6 Å². The fourth-order valence-electron chi connectivity index (χ4n) is 2.79. The van der Waals surface area contributed by atoms with Gasteiger partial charge in [-0.1, -0.05) is 18.2 Å². The molecule has 134 valence electrons. The zero-order chi connectivity index (χ0) is 18.0. The van der Waals surface area contributed by atoms with Crippen LogP contribution in [0.15, 0.2) is 41.4 Å². The van der Waals surface area contributed by atoms with Crippen LogP contribution in [-0.2, 0) is 21.3 Å². The number of para-hydroxylation sites is 1. The van der Waals surface area contributed by atoms with E-state index in [1.54, 1.807) is 28.7 Å². The second-order valence-corrected chi connectivity index (χ2v) is 7.64. The van der Waals surface area contributed by atoms with Crippen LogP contribution in [0.5, 0.6) is 0 Å². The highest BCUT2D eigenvalue weighted by Crippen LogP contribution is 2.23. The van der Waals surface area contributed by atoms with E-state index in [-0.39, 0.29) is 10.8 Å². The Morgan fingerprint density at radius 2 is 2.00 bits per heavy atom. The average Bonchev–Trinajstić information content (AvgIpc) is 3.02. The molecule has 1 aromatic heterocycles. The highest BCUT2D eigenvalue weighted by molar-refractivity contribution is 7.92. The highest BCUT2D eigenvalue weighted by atomic mass is 32.2. The zero-order valence-corrected chi connectivity index (χ0v) is 15.0. The van der Waals surface area contributed by atoms with E-state index >= 15 is 0 Å². The predicted molar refractivity (Wildman–Crippen MR) is 94.2 cm³/mol. The summed E-state index contributed by atoms with van der Waals surface area (Å²) in [5, 5.41) is 0. The van der Waals surface area contributed by atoms with Crippen LogP contribution < -0.4 is 4.72 Å². The molecule has 0 saturated heterocycles. The monoisotopic (exact) mass is 363 g/mol. The van der Waals surface area contributed by atoms with Gasteiger partial charge in [0.15, 0.2) is 0 Å². The number of sulfonamides is 1. The van der Waals surface area contributed by atoms with Gasteiger partial charge in [0.05, 0.1) is 12.3 Å². The van der Waals surface area contributed by atoms with E-state index in [1.807, 2.05) is 19.1 Å². The summed E-state index contributed by atoms with van der Waals surface area (Å²) in [6, 6.07) is 8.59. The predicted octanol–water partition coefficient (Wildman–Crippen LogP) is 1.70. The number of amides is 1. The molecule has 1 aliphatic heterocycles. The minimum absolute atomic E-state index is 0.0905. The molecule has 2 heterocycles. The standard InChI is InChI=1S/C17H21N3O4S/c1-13-5-3-4-6-15(13)18-25(22,23)14-11-16-17(21)19(9-10-24-2)7-8-20(16)12-14/h3-6,11-12,18H,7-10H2,1-2H3. The lowest BCUT2D eigenvalue weighted by atomic mass is 10.2. The van der Waals surface area contributed by atoms with Crippen LogP contribution in [0, 0.1) is 6.92 Å². The molecule has 7 nitrogen and oxygen atoms in total. The van der Waals surface area contributed by atoms with Crippen molar-refractivity contribution in [2.75, 3.05) is 31.5 Å². The molecule has 1 aliphatic rings. The first kappa shape index (κ1) is 17.5. The number of aryl methyl sites for hydroxylation is 1. The Balaban J connectivity index is 1.85. The van der Waals surface area contributed by atoms with E-state index in [9.17, 15) is 13.2 Å². The van der Waals surface area contributed by atoms with Gasteiger partial charge in [-0.3, -0.25) is 9.52 Å². The second kappa shape index (κ2) is 6.89. The fraction of sp³-hybridized carbons (Fsp3) is 0.353. The van der Waals surface area contributed by atoms with Crippen molar-refractivity contribution in [3.05, 3.63) is 47.8 Å². The molecule has 1 N–H and O–H groups in total. The Labute approximate surface area is 147 Å². The van der Waals surface area contributed by atoms with Crippen LogP contribution in [0.3, 0.4) is 0 Å². The SMILES string of the molecule is COCCN1CCn2cc(S(=O)(=O)Nc3ccccc3C)cc2C1=O. The Kier molecular flexibility index (Phi) is 4.82. The summed E-state index contributed by atoms with van der Waals surface area (Å²) in [6.45, 7) is 3.87. The lowest BCUT2D eigenvalue weighted by Gasteiger charge is -2.27. The summed E-state index contributed by atoms with van der Waals surface area (Å²) < 4.78 is 34.6. The number of ether oxygens (including phenoxy) is 1. The van der Waals surface area contributed by atoms with Crippen LogP contribution >= 0.6 is 0 Å². The van der Waals surface area contributed by atoms with Crippen LogP contribution in [0.2, 0.25) is 0 Å². The number of rotatable bonds is 6. The van der Waals surface area contributed by atoms with Crippen molar-refractivity contribution in [3.63, 3.8) is 0 Å². The molecule has 0 atom stereocenters. The summed E-state index contributed by atoms with van der Waals surface area (Å²) in [5.74, 6) is -0.180. The number of anilines is 1. The van der Waals surface area contributed by atoms with Gasteiger partial charge in [-0.15, -0.1) is 0 Å². The first-order valence-corrected chi connectivity index (χ1v) is 9.47. The Morgan fingerprint density at radius 3 is 2.72 bits per heavy atom. The number of fused-ring (bicyclic) bond motifs is 1. The molecule has 0 saturated carbocycles. The van der Waals surface area contributed by atoms with Crippen LogP contribution in [0.1, 0.15) is 16.1 Å². The third kappa shape index (κ3) is 3.54. The van der Waals surface area contributed by atoms with E-state index in [4.69, 9.17) is 4.74 Å². The molecule has 25 heavy (non-hydrogen) atoms. The molecule has 0 aliphatic carbocycles. The summed E-state index contributed by atoms with van der Waals surface area (Å²) >= 11 is 0. The van der Waals surface area contributed by atoms with Crippen molar-refractivity contribution >= 4 is 21.6 Å². The summed E-state index contributed by atoms with van der Waals surface area (Å²) in [4.78, 5) is 14.3. The van der Waals surface area contributed by atoms with Gasteiger partial charge in [0, 0.05) is 32.9 Å². The van der Waals surface area contributed by atoms with Crippen molar-refractivity contribution in [1.82, 2.24) is 9.47 Å². The van der Waals surface area contributed by atoms with Crippen molar-refractivity contribution in [1.29, 1.82) is 0 Å². The second-order valence-electron chi connectivity index (χ2n) is 5.96. The molecule has 8 heteroatoms. The number of aromatic nitrogens is 1. The number of hydrogen-bond donors (Lipinski definition) is 1. The number of benzene rings is 1. The summed E-state index contributed by atoms with van der Waals surface area (Å²) in [5.41, 5.74) is 1.74. The normalized spacial score (nSPS) is 14.5. The lowest BCUT2D eigenvalue weighted by molar-refractivity contribution is 0.0641. The maximum absolute atomic E-state index is 12.7. The lowest BCUT2D eigenvalue weighted by Crippen LogP contribution is -2.41. The van der Waals surface area contributed by atoms with E-state index in [0.717, 1.165) is 5.56 Å². The fourth-order valence-corrected chi connectivity index (χ4v) is 3.96. The van der Waals surface area contributed by atoms with Gasteiger partial charge in [-0.2, -0.15) is 0 Å². The largest absolute Gasteiger partial charge is 0.383 e. The minimum Gasteiger partial charge on any atom is -0.383 e. The van der Waals surface area contributed by atoms with Crippen LogP contribution in [0.25, 0.3) is 0 Å². The molecule has 0 spiro atoms. The topological polar surface area (TPSA) is 80.6 Å².